The second-order valence-electron chi connectivity index (χ2n) is 7.50. The third-order valence-corrected chi connectivity index (χ3v) is 7.39. The van der Waals surface area contributed by atoms with Gasteiger partial charge in [0.05, 0.1) is 9.79 Å². The smallest absolute Gasteiger partial charge is 0.284 e. The summed E-state index contributed by atoms with van der Waals surface area (Å²) in [5.41, 5.74) is 0.418. The molecule has 166 valence electrons. The predicted octanol–water partition coefficient (Wildman–Crippen LogP) is 2.94. The number of hydrogen-bond acceptors (Lipinski definition) is 5. The van der Waals surface area contributed by atoms with Gasteiger partial charge < -0.3 is 10.2 Å². The molecule has 0 spiro atoms. The summed E-state index contributed by atoms with van der Waals surface area (Å²) in [6.07, 6.45) is 4.58. The molecular formula is C21H25N3O5S2. The third-order valence-electron chi connectivity index (χ3n) is 4.97. The number of amidine groups is 1. The Labute approximate surface area is 183 Å². The van der Waals surface area contributed by atoms with Crippen molar-refractivity contribution in [2.45, 2.75) is 35.5 Å². The molecule has 1 heterocycles. The maximum absolute atomic E-state index is 12.8. The van der Waals surface area contributed by atoms with E-state index in [1.165, 1.54) is 42.5 Å². The first-order valence-corrected chi connectivity index (χ1v) is 13.2. The maximum atomic E-state index is 12.8. The number of likely N-dealkylation sites (tertiary alicyclic amines) is 1. The van der Waals surface area contributed by atoms with Gasteiger partial charge in [-0.3, -0.25) is 4.79 Å². The molecule has 2 aromatic carbocycles. The van der Waals surface area contributed by atoms with E-state index in [0.29, 0.717) is 12.3 Å². The van der Waals surface area contributed by atoms with Gasteiger partial charge in [-0.25, -0.2) is 8.42 Å². The molecule has 10 heteroatoms. The Hall–Kier alpha value is -2.72. The summed E-state index contributed by atoms with van der Waals surface area (Å²) in [7, 11) is -5.57. The Morgan fingerprint density at radius 3 is 2.42 bits per heavy atom. The summed E-state index contributed by atoms with van der Waals surface area (Å²) in [5.74, 6) is -0.0145. The fourth-order valence-corrected chi connectivity index (χ4v) is 5.05. The number of anilines is 1. The average molecular weight is 464 g/mol. The number of rotatable bonds is 5. The van der Waals surface area contributed by atoms with Gasteiger partial charge in [-0.2, -0.15) is 8.42 Å². The molecule has 3 rings (SSSR count). The van der Waals surface area contributed by atoms with E-state index in [2.05, 4.69) is 9.71 Å². The van der Waals surface area contributed by atoms with Crippen LogP contribution in [0.2, 0.25) is 0 Å². The minimum Gasteiger partial charge on any atom is -0.362 e. The van der Waals surface area contributed by atoms with Crippen LogP contribution in [-0.4, -0.2) is 53.3 Å². The van der Waals surface area contributed by atoms with Gasteiger partial charge in [-0.05, 0) is 49.2 Å². The van der Waals surface area contributed by atoms with Gasteiger partial charge in [0.1, 0.15) is 5.84 Å². The quantitative estimate of drug-likeness (QED) is 0.729. The number of carbonyl (C=O) groups is 1. The molecule has 2 aromatic rings. The van der Waals surface area contributed by atoms with E-state index >= 15 is 0 Å². The van der Waals surface area contributed by atoms with Crippen LogP contribution in [0.4, 0.5) is 5.69 Å². The number of sulfonamides is 1. The molecule has 1 saturated heterocycles. The van der Waals surface area contributed by atoms with Gasteiger partial charge in [0.15, 0.2) is 9.84 Å². The highest BCUT2D eigenvalue weighted by atomic mass is 32.2. The first-order valence-electron chi connectivity index (χ1n) is 9.83. The minimum absolute atomic E-state index is 0.0275. The van der Waals surface area contributed by atoms with Crippen LogP contribution in [0.3, 0.4) is 0 Å². The molecule has 1 N–H and O–H groups in total. The van der Waals surface area contributed by atoms with Gasteiger partial charge in [0.2, 0.25) is 0 Å². The average Bonchev–Trinajstić information content (AvgIpc) is 2.91. The first-order chi connectivity index (χ1) is 14.6. The molecule has 0 radical (unpaired) electrons. The van der Waals surface area contributed by atoms with Crippen molar-refractivity contribution in [1.29, 1.82) is 0 Å². The van der Waals surface area contributed by atoms with Crippen molar-refractivity contribution in [2.24, 2.45) is 4.40 Å². The van der Waals surface area contributed by atoms with Gasteiger partial charge in [0, 0.05) is 37.5 Å². The van der Waals surface area contributed by atoms with Crippen LogP contribution >= 0.6 is 0 Å². The lowest BCUT2D eigenvalue weighted by atomic mass is 10.2. The summed E-state index contributed by atoms with van der Waals surface area (Å²) in [6.45, 7) is 0.761. The van der Waals surface area contributed by atoms with E-state index in [1.54, 1.807) is 6.07 Å². The normalized spacial score (nSPS) is 16.7. The highest BCUT2D eigenvalue weighted by Crippen LogP contribution is 2.21. The van der Waals surface area contributed by atoms with Crippen molar-refractivity contribution in [2.75, 3.05) is 25.2 Å². The number of nitrogens with one attached hydrogen (secondary N) is 1. The van der Waals surface area contributed by atoms with Gasteiger partial charge in [0.25, 0.3) is 15.9 Å². The van der Waals surface area contributed by atoms with E-state index in [9.17, 15) is 21.6 Å². The van der Waals surface area contributed by atoms with Crippen molar-refractivity contribution < 1.29 is 21.6 Å². The van der Waals surface area contributed by atoms with E-state index in [-0.39, 0.29) is 21.0 Å². The van der Waals surface area contributed by atoms with Crippen LogP contribution in [0.15, 0.2) is 62.7 Å². The van der Waals surface area contributed by atoms with Crippen molar-refractivity contribution >= 4 is 37.3 Å². The summed E-state index contributed by atoms with van der Waals surface area (Å²) >= 11 is 0. The number of sulfone groups is 1. The Morgan fingerprint density at radius 1 is 0.968 bits per heavy atom. The summed E-state index contributed by atoms with van der Waals surface area (Å²) < 4.78 is 53.1. The van der Waals surface area contributed by atoms with E-state index in [0.717, 1.165) is 32.1 Å². The van der Waals surface area contributed by atoms with E-state index in [1.807, 2.05) is 11.9 Å². The largest absolute Gasteiger partial charge is 0.362 e. The van der Waals surface area contributed by atoms with Gasteiger partial charge >= 0.3 is 0 Å². The molecule has 8 nitrogen and oxygen atoms in total. The SMILES string of the molecule is CN1CCCCC/C1=N\S(=O)(=O)c1cccc(NC(=O)c2cccc(S(C)(=O)=O)c2)c1. The molecule has 31 heavy (non-hydrogen) atoms. The van der Waals surface area contributed by atoms with Gasteiger partial charge in [-0.1, -0.05) is 18.6 Å². The number of carbonyl (C=O) groups excluding carboxylic acids is 1. The zero-order chi connectivity index (χ0) is 22.6. The van der Waals surface area contributed by atoms with Crippen LogP contribution < -0.4 is 5.32 Å². The highest BCUT2D eigenvalue weighted by Gasteiger charge is 2.19. The van der Waals surface area contributed by atoms with Crippen LogP contribution in [0.25, 0.3) is 0 Å². The molecule has 0 aromatic heterocycles. The highest BCUT2D eigenvalue weighted by molar-refractivity contribution is 7.90. The number of amides is 1. The fraction of sp³-hybridized carbons (Fsp3) is 0.333. The molecule has 0 unspecified atom stereocenters. The zero-order valence-corrected chi connectivity index (χ0v) is 19.0. The first kappa shape index (κ1) is 23.0. The number of benzene rings is 2. The Kier molecular flexibility index (Phi) is 6.80. The molecular weight excluding hydrogens is 438 g/mol. The molecule has 0 atom stereocenters. The van der Waals surface area contributed by atoms with Crippen molar-refractivity contribution in [3.8, 4) is 0 Å². The number of nitrogens with zero attached hydrogens (tertiary/aromatic N) is 2. The monoisotopic (exact) mass is 463 g/mol. The lowest BCUT2D eigenvalue weighted by molar-refractivity contribution is 0.102. The Balaban J connectivity index is 1.84. The fourth-order valence-electron chi connectivity index (χ4n) is 3.24. The van der Waals surface area contributed by atoms with Crippen molar-refractivity contribution in [3.63, 3.8) is 0 Å². The molecule has 0 saturated carbocycles. The molecule has 0 aliphatic carbocycles. The summed E-state index contributed by atoms with van der Waals surface area (Å²) in [4.78, 5) is 14.4. The third kappa shape index (κ3) is 5.92. The summed E-state index contributed by atoms with van der Waals surface area (Å²) in [6, 6.07) is 11.5. The zero-order valence-electron chi connectivity index (χ0n) is 17.4. The minimum atomic E-state index is -3.94. The summed E-state index contributed by atoms with van der Waals surface area (Å²) in [5, 5.41) is 2.61. The standard InChI is InChI=1S/C21H25N3O5S2/c1-24-13-5-3-4-12-20(24)23-31(28,29)19-11-7-9-17(15-19)22-21(25)16-8-6-10-18(14-16)30(2,26)27/h6-11,14-15H,3-5,12-13H2,1-2H3,(H,22,25)/b23-20+. The molecule has 1 amide bonds. The van der Waals surface area contributed by atoms with Crippen LogP contribution in [0, 0.1) is 0 Å². The number of hydrogen-bond donors (Lipinski definition) is 1. The van der Waals surface area contributed by atoms with Crippen LogP contribution in [-0.2, 0) is 19.9 Å². The Morgan fingerprint density at radius 2 is 1.68 bits per heavy atom. The van der Waals surface area contributed by atoms with Crippen LogP contribution in [0.5, 0.6) is 0 Å². The maximum Gasteiger partial charge on any atom is 0.284 e. The topological polar surface area (TPSA) is 113 Å². The van der Waals surface area contributed by atoms with Crippen LogP contribution in [0.1, 0.15) is 36.0 Å². The van der Waals surface area contributed by atoms with E-state index < -0.39 is 25.8 Å². The molecule has 1 fully saturated rings. The lowest BCUT2D eigenvalue weighted by Gasteiger charge is -2.17. The molecule has 0 bridgehead atoms. The van der Waals surface area contributed by atoms with E-state index in [4.69, 9.17) is 0 Å². The van der Waals surface area contributed by atoms with Crippen molar-refractivity contribution in [1.82, 2.24) is 4.90 Å². The molecule has 1 aliphatic heterocycles. The lowest BCUT2D eigenvalue weighted by Crippen LogP contribution is -2.26. The van der Waals surface area contributed by atoms with Gasteiger partial charge in [-0.15, -0.1) is 4.40 Å². The predicted molar refractivity (Wildman–Crippen MR) is 120 cm³/mol. The Bertz CT molecular complexity index is 1220. The second-order valence-corrected chi connectivity index (χ2v) is 11.1. The van der Waals surface area contributed by atoms with Crippen molar-refractivity contribution in [3.05, 3.63) is 54.1 Å². The second kappa shape index (κ2) is 9.19. The molecule has 1 aliphatic rings.